The van der Waals surface area contributed by atoms with Crippen LogP contribution in [-0.4, -0.2) is 11.1 Å². The molecule has 0 radical (unpaired) electrons. The molecule has 0 aliphatic carbocycles. The van der Waals surface area contributed by atoms with E-state index in [1.54, 1.807) is 0 Å². The van der Waals surface area contributed by atoms with E-state index >= 15 is 0 Å². The summed E-state index contributed by atoms with van der Waals surface area (Å²) in [6.45, 7) is 6.27. The Morgan fingerprint density at radius 1 is 1.38 bits per heavy atom. The topological polar surface area (TPSA) is 17.0 Å². The minimum atomic E-state index is 0.474. The van der Waals surface area contributed by atoms with Crippen molar-refractivity contribution in [3.05, 3.63) is 34.5 Å². The number of nitrogens with one attached hydrogen (secondary N) is 1. The SMILES string of the molecule is Cc1cc(Cl)c2c(c1)cc1n2C(C)CNC1. The molecule has 3 heteroatoms. The fourth-order valence-corrected chi connectivity index (χ4v) is 3.03. The van der Waals surface area contributed by atoms with Gasteiger partial charge in [-0.2, -0.15) is 0 Å². The van der Waals surface area contributed by atoms with Crippen molar-refractivity contribution in [1.29, 1.82) is 0 Å². The highest BCUT2D eigenvalue weighted by molar-refractivity contribution is 6.35. The van der Waals surface area contributed by atoms with Gasteiger partial charge < -0.3 is 9.88 Å². The molecule has 0 saturated heterocycles. The average Bonchev–Trinajstić information content (AvgIpc) is 2.56. The van der Waals surface area contributed by atoms with E-state index in [2.05, 4.69) is 35.9 Å². The molecular weight excluding hydrogens is 220 g/mol. The molecule has 3 rings (SSSR count). The summed E-state index contributed by atoms with van der Waals surface area (Å²) < 4.78 is 2.37. The molecule has 1 aliphatic heterocycles. The molecule has 1 aliphatic rings. The van der Waals surface area contributed by atoms with Gasteiger partial charge in [0.15, 0.2) is 0 Å². The van der Waals surface area contributed by atoms with Crippen LogP contribution in [0.1, 0.15) is 24.2 Å². The summed E-state index contributed by atoms with van der Waals surface area (Å²) in [4.78, 5) is 0. The van der Waals surface area contributed by atoms with Gasteiger partial charge in [-0.05, 0) is 37.6 Å². The lowest BCUT2D eigenvalue weighted by molar-refractivity contribution is 0.439. The standard InChI is InChI=1S/C13H15ClN2/c1-8-3-10-5-11-7-15-6-9(2)16(11)13(10)12(14)4-8/h3-5,9,15H,6-7H2,1-2H3. The van der Waals surface area contributed by atoms with E-state index in [9.17, 15) is 0 Å². The van der Waals surface area contributed by atoms with Crippen molar-refractivity contribution in [2.24, 2.45) is 0 Å². The predicted octanol–water partition coefficient (Wildman–Crippen LogP) is 3.27. The van der Waals surface area contributed by atoms with E-state index in [0.717, 1.165) is 18.1 Å². The van der Waals surface area contributed by atoms with Crippen molar-refractivity contribution in [2.45, 2.75) is 26.4 Å². The van der Waals surface area contributed by atoms with Crippen LogP contribution < -0.4 is 5.32 Å². The zero-order valence-corrected chi connectivity index (χ0v) is 10.3. The second-order valence-corrected chi connectivity index (χ2v) is 5.08. The molecule has 0 bridgehead atoms. The number of fused-ring (bicyclic) bond motifs is 3. The highest BCUT2D eigenvalue weighted by atomic mass is 35.5. The van der Waals surface area contributed by atoms with E-state index in [1.807, 2.05) is 6.07 Å². The van der Waals surface area contributed by atoms with Gasteiger partial charge in [0.25, 0.3) is 0 Å². The summed E-state index contributed by atoms with van der Waals surface area (Å²) in [6, 6.07) is 6.98. The first-order valence-corrected chi connectivity index (χ1v) is 6.05. The Labute approximate surface area is 100 Å². The van der Waals surface area contributed by atoms with Gasteiger partial charge >= 0.3 is 0 Å². The Hall–Kier alpha value is -0.990. The molecule has 1 atom stereocenters. The van der Waals surface area contributed by atoms with Crippen LogP contribution in [0.5, 0.6) is 0 Å². The highest BCUT2D eigenvalue weighted by Gasteiger charge is 2.19. The second kappa shape index (κ2) is 3.51. The Morgan fingerprint density at radius 3 is 3.00 bits per heavy atom. The first-order valence-electron chi connectivity index (χ1n) is 5.67. The zero-order valence-electron chi connectivity index (χ0n) is 9.55. The maximum absolute atomic E-state index is 6.36. The Balaban J connectivity index is 2.38. The van der Waals surface area contributed by atoms with Gasteiger partial charge in [0.05, 0.1) is 10.5 Å². The number of aromatic nitrogens is 1. The average molecular weight is 235 g/mol. The highest BCUT2D eigenvalue weighted by Crippen LogP contribution is 2.32. The first kappa shape index (κ1) is 10.2. The third kappa shape index (κ3) is 1.37. The van der Waals surface area contributed by atoms with Crippen LogP contribution in [0.2, 0.25) is 5.02 Å². The predicted molar refractivity (Wildman–Crippen MR) is 68.1 cm³/mol. The maximum atomic E-state index is 6.36. The molecular formula is C13H15ClN2. The van der Waals surface area contributed by atoms with Gasteiger partial charge in [-0.1, -0.05) is 11.6 Å². The summed E-state index contributed by atoms with van der Waals surface area (Å²) in [5.74, 6) is 0. The molecule has 84 valence electrons. The fourth-order valence-electron chi connectivity index (χ4n) is 2.66. The van der Waals surface area contributed by atoms with E-state index in [-0.39, 0.29) is 0 Å². The van der Waals surface area contributed by atoms with Crippen LogP contribution in [0.3, 0.4) is 0 Å². The van der Waals surface area contributed by atoms with Crippen molar-refractivity contribution in [3.63, 3.8) is 0 Å². The molecule has 1 unspecified atom stereocenters. The molecule has 1 N–H and O–H groups in total. The Kier molecular flexibility index (Phi) is 2.23. The number of benzene rings is 1. The number of rotatable bonds is 0. The van der Waals surface area contributed by atoms with Gasteiger partial charge in [-0.25, -0.2) is 0 Å². The summed E-state index contributed by atoms with van der Waals surface area (Å²) in [5.41, 5.74) is 3.75. The van der Waals surface area contributed by atoms with Gasteiger partial charge in [-0.15, -0.1) is 0 Å². The maximum Gasteiger partial charge on any atom is 0.0675 e. The minimum absolute atomic E-state index is 0.474. The molecule has 0 amide bonds. The number of hydrogen-bond acceptors (Lipinski definition) is 1. The monoisotopic (exact) mass is 234 g/mol. The van der Waals surface area contributed by atoms with Crippen molar-refractivity contribution in [1.82, 2.24) is 9.88 Å². The van der Waals surface area contributed by atoms with Crippen LogP contribution in [0.25, 0.3) is 10.9 Å². The summed E-state index contributed by atoms with van der Waals surface area (Å²) >= 11 is 6.36. The van der Waals surface area contributed by atoms with E-state index < -0.39 is 0 Å². The van der Waals surface area contributed by atoms with Crippen LogP contribution in [-0.2, 0) is 6.54 Å². The lowest BCUT2D eigenvalue weighted by atomic mass is 10.2. The van der Waals surface area contributed by atoms with Crippen LogP contribution >= 0.6 is 11.6 Å². The number of aryl methyl sites for hydroxylation is 1. The lowest BCUT2D eigenvalue weighted by Gasteiger charge is -2.25. The number of halogens is 1. The molecule has 1 aromatic heterocycles. The minimum Gasteiger partial charge on any atom is -0.338 e. The summed E-state index contributed by atoms with van der Waals surface area (Å²) in [5, 5.41) is 5.55. The quantitative estimate of drug-likeness (QED) is 0.741. The van der Waals surface area contributed by atoms with Crippen molar-refractivity contribution in [3.8, 4) is 0 Å². The molecule has 1 aromatic carbocycles. The van der Waals surface area contributed by atoms with E-state index in [4.69, 9.17) is 11.6 Å². The van der Waals surface area contributed by atoms with Crippen LogP contribution in [0.4, 0.5) is 0 Å². The smallest absolute Gasteiger partial charge is 0.0675 e. The molecule has 0 saturated carbocycles. The van der Waals surface area contributed by atoms with Gasteiger partial charge in [0.1, 0.15) is 0 Å². The number of hydrogen-bond donors (Lipinski definition) is 1. The third-order valence-corrected chi connectivity index (χ3v) is 3.58. The van der Waals surface area contributed by atoms with E-state index in [1.165, 1.54) is 22.2 Å². The lowest BCUT2D eigenvalue weighted by Crippen LogP contribution is -2.30. The summed E-state index contributed by atoms with van der Waals surface area (Å²) in [6.07, 6.45) is 0. The largest absolute Gasteiger partial charge is 0.338 e. The third-order valence-electron chi connectivity index (χ3n) is 3.30. The normalized spacial score (nSPS) is 20.1. The Bertz CT molecular complexity index is 557. The van der Waals surface area contributed by atoms with Gasteiger partial charge in [0, 0.05) is 30.2 Å². The fraction of sp³-hybridized carbons (Fsp3) is 0.385. The molecule has 0 spiro atoms. The van der Waals surface area contributed by atoms with Crippen LogP contribution in [0, 0.1) is 6.92 Å². The molecule has 0 fully saturated rings. The summed E-state index contributed by atoms with van der Waals surface area (Å²) in [7, 11) is 0. The molecule has 16 heavy (non-hydrogen) atoms. The van der Waals surface area contributed by atoms with E-state index in [0.29, 0.717) is 6.04 Å². The van der Waals surface area contributed by atoms with Crippen molar-refractivity contribution in [2.75, 3.05) is 6.54 Å². The number of nitrogens with zero attached hydrogens (tertiary/aromatic N) is 1. The van der Waals surface area contributed by atoms with Crippen LogP contribution in [0.15, 0.2) is 18.2 Å². The second-order valence-electron chi connectivity index (χ2n) is 4.67. The van der Waals surface area contributed by atoms with Gasteiger partial charge in [-0.3, -0.25) is 0 Å². The zero-order chi connectivity index (χ0) is 11.3. The molecule has 2 nitrogen and oxygen atoms in total. The van der Waals surface area contributed by atoms with Crippen molar-refractivity contribution < 1.29 is 0 Å². The molecule has 2 heterocycles. The van der Waals surface area contributed by atoms with Crippen molar-refractivity contribution >= 4 is 22.5 Å². The van der Waals surface area contributed by atoms with Gasteiger partial charge in [0.2, 0.25) is 0 Å². The Morgan fingerprint density at radius 2 is 2.19 bits per heavy atom. The first-order chi connectivity index (χ1) is 7.66. The molecule has 2 aromatic rings.